The number of likely N-dealkylation sites (tertiary alicyclic amines) is 2. The Hall–Kier alpha value is -2.64. The number of rotatable bonds is 4. The number of hydrogen-bond acceptors (Lipinski definition) is 4. The molecule has 1 atom stereocenters. The number of nitrogens with zero attached hydrogens (tertiary/aromatic N) is 5. The van der Waals surface area contributed by atoms with Gasteiger partial charge in [-0.1, -0.05) is 0 Å². The van der Waals surface area contributed by atoms with Crippen LogP contribution < -0.4 is 0 Å². The van der Waals surface area contributed by atoms with E-state index in [1.807, 2.05) is 16.8 Å². The van der Waals surface area contributed by atoms with Crippen molar-refractivity contribution >= 4 is 11.8 Å². The maximum Gasteiger partial charge on any atom is 0.257 e. The van der Waals surface area contributed by atoms with Gasteiger partial charge in [0.25, 0.3) is 5.91 Å². The highest BCUT2D eigenvalue weighted by molar-refractivity contribution is 5.93. The van der Waals surface area contributed by atoms with Crippen molar-refractivity contribution in [3.05, 3.63) is 36.2 Å². The second kappa shape index (κ2) is 7.17. The van der Waals surface area contributed by atoms with E-state index in [0.29, 0.717) is 25.1 Å². The highest BCUT2D eigenvalue weighted by atomic mass is 16.2. The Morgan fingerprint density at radius 3 is 2.93 bits per heavy atom. The lowest BCUT2D eigenvalue weighted by molar-refractivity contribution is -0.138. The molecule has 0 unspecified atom stereocenters. The number of hydrogen-bond donors (Lipinski definition) is 1. The van der Waals surface area contributed by atoms with Crippen molar-refractivity contribution in [3.8, 4) is 0 Å². The van der Waals surface area contributed by atoms with Gasteiger partial charge < -0.3 is 14.8 Å². The van der Waals surface area contributed by atoms with Crippen molar-refractivity contribution in [2.45, 2.75) is 32.1 Å². The molecule has 2 aromatic heterocycles. The molecule has 1 N–H and O–H groups in total. The van der Waals surface area contributed by atoms with Crippen LogP contribution >= 0.6 is 0 Å². The van der Waals surface area contributed by atoms with E-state index in [1.54, 1.807) is 29.6 Å². The first-order valence-electron chi connectivity index (χ1n) is 9.58. The van der Waals surface area contributed by atoms with Crippen LogP contribution in [0.4, 0.5) is 0 Å². The van der Waals surface area contributed by atoms with Crippen molar-refractivity contribution < 1.29 is 9.59 Å². The largest absolute Gasteiger partial charge is 0.348 e. The summed E-state index contributed by atoms with van der Waals surface area (Å²) in [6.07, 6.45) is 11.1. The van der Waals surface area contributed by atoms with Crippen LogP contribution in [0, 0.1) is 5.41 Å². The van der Waals surface area contributed by atoms with Gasteiger partial charge in [-0.25, -0.2) is 4.98 Å². The van der Waals surface area contributed by atoms with Crippen LogP contribution in [0.5, 0.6) is 0 Å². The molecule has 0 bridgehead atoms. The first kappa shape index (κ1) is 17.8. The smallest absolute Gasteiger partial charge is 0.257 e. The number of nitrogens with one attached hydrogen (secondary N) is 1. The lowest BCUT2D eigenvalue weighted by atomic mass is 9.73. The third-order valence-electron chi connectivity index (χ3n) is 5.85. The fourth-order valence-corrected chi connectivity index (χ4v) is 4.41. The maximum absolute atomic E-state index is 12.8. The van der Waals surface area contributed by atoms with Gasteiger partial charge in [0.05, 0.1) is 18.1 Å². The molecule has 0 saturated carbocycles. The van der Waals surface area contributed by atoms with E-state index in [9.17, 15) is 9.59 Å². The Kier molecular flexibility index (Phi) is 4.72. The Morgan fingerprint density at radius 2 is 2.19 bits per heavy atom. The monoisotopic (exact) mass is 370 g/mol. The summed E-state index contributed by atoms with van der Waals surface area (Å²) >= 11 is 0. The first-order chi connectivity index (χ1) is 13.0. The van der Waals surface area contributed by atoms with E-state index in [0.717, 1.165) is 44.5 Å². The van der Waals surface area contributed by atoms with Gasteiger partial charge in [0, 0.05) is 69.6 Å². The van der Waals surface area contributed by atoms with E-state index >= 15 is 0 Å². The third-order valence-corrected chi connectivity index (χ3v) is 5.85. The molecule has 4 heterocycles. The number of H-pyrrole nitrogens is 1. The topological polar surface area (TPSA) is 87.1 Å². The molecule has 2 aliphatic rings. The maximum atomic E-state index is 12.8. The summed E-state index contributed by atoms with van der Waals surface area (Å²) < 4.78 is 1.66. The minimum atomic E-state index is 0.0119. The van der Waals surface area contributed by atoms with Crippen LogP contribution in [0.25, 0.3) is 0 Å². The lowest BCUT2D eigenvalue weighted by Gasteiger charge is -2.48. The first-order valence-corrected chi connectivity index (χ1v) is 9.58. The van der Waals surface area contributed by atoms with Gasteiger partial charge in [-0.2, -0.15) is 5.10 Å². The van der Waals surface area contributed by atoms with Gasteiger partial charge in [-0.05, 0) is 19.3 Å². The van der Waals surface area contributed by atoms with Crippen LogP contribution in [-0.4, -0.2) is 67.5 Å². The average molecular weight is 370 g/mol. The number of amides is 2. The highest BCUT2D eigenvalue weighted by Crippen LogP contribution is 2.39. The van der Waals surface area contributed by atoms with Gasteiger partial charge in [-0.3, -0.25) is 14.3 Å². The van der Waals surface area contributed by atoms with Crippen LogP contribution in [0.2, 0.25) is 0 Å². The molecule has 0 radical (unpaired) electrons. The fourth-order valence-electron chi connectivity index (χ4n) is 4.41. The molecule has 1 spiro atoms. The van der Waals surface area contributed by atoms with Crippen LogP contribution in [-0.2, 0) is 18.3 Å². The van der Waals surface area contributed by atoms with E-state index < -0.39 is 0 Å². The molecule has 4 rings (SSSR count). The SMILES string of the molecule is Cn1cc(C(=O)N2CCC[C@@]3(CCC(=O)N(CCc4cnc[nH]4)C3)C2)cn1. The molecule has 2 amide bonds. The molecule has 2 fully saturated rings. The Labute approximate surface area is 158 Å². The quantitative estimate of drug-likeness (QED) is 0.877. The average Bonchev–Trinajstić information content (AvgIpc) is 3.34. The van der Waals surface area contributed by atoms with Gasteiger partial charge in [0.15, 0.2) is 0 Å². The van der Waals surface area contributed by atoms with Crippen molar-refractivity contribution in [3.63, 3.8) is 0 Å². The number of aromatic amines is 1. The van der Waals surface area contributed by atoms with Crippen LogP contribution in [0.3, 0.4) is 0 Å². The molecule has 27 heavy (non-hydrogen) atoms. The summed E-state index contributed by atoms with van der Waals surface area (Å²) in [7, 11) is 1.82. The predicted molar refractivity (Wildman–Crippen MR) is 98.9 cm³/mol. The van der Waals surface area contributed by atoms with Gasteiger partial charge in [-0.15, -0.1) is 0 Å². The van der Waals surface area contributed by atoms with Crippen molar-refractivity contribution in [1.82, 2.24) is 29.5 Å². The van der Waals surface area contributed by atoms with Crippen molar-refractivity contribution in [2.75, 3.05) is 26.2 Å². The second-order valence-corrected chi connectivity index (χ2v) is 7.88. The highest BCUT2D eigenvalue weighted by Gasteiger charge is 2.42. The Morgan fingerprint density at radius 1 is 1.30 bits per heavy atom. The van der Waals surface area contributed by atoms with E-state index in [1.165, 1.54) is 0 Å². The molecule has 2 aliphatic heterocycles. The summed E-state index contributed by atoms with van der Waals surface area (Å²) in [6.45, 7) is 2.92. The summed E-state index contributed by atoms with van der Waals surface area (Å²) in [5.41, 5.74) is 1.69. The number of aromatic nitrogens is 4. The minimum Gasteiger partial charge on any atom is -0.348 e. The zero-order valence-corrected chi connectivity index (χ0v) is 15.7. The molecular formula is C19H26N6O2. The molecular weight excluding hydrogens is 344 g/mol. The second-order valence-electron chi connectivity index (χ2n) is 7.88. The lowest BCUT2D eigenvalue weighted by Crippen LogP contribution is -2.55. The Bertz CT molecular complexity index is 814. The number of carbonyl (C=O) groups is 2. The fraction of sp³-hybridized carbons (Fsp3) is 0.579. The molecule has 2 saturated heterocycles. The molecule has 0 aromatic carbocycles. The zero-order valence-electron chi connectivity index (χ0n) is 15.7. The normalized spacial score (nSPS) is 23.2. The number of imidazole rings is 1. The van der Waals surface area contributed by atoms with Gasteiger partial charge in [0.1, 0.15) is 0 Å². The summed E-state index contributed by atoms with van der Waals surface area (Å²) in [6, 6.07) is 0. The molecule has 2 aromatic rings. The third kappa shape index (κ3) is 3.74. The minimum absolute atomic E-state index is 0.0119. The van der Waals surface area contributed by atoms with Crippen LogP contribution in [0.15, 0.2) is 24.9 Å². The van der Waals surface area contributed by atoms with Crippen molar-refractivity contribution in [1.29, 1.82) is 0 Å². The molecule has 8 heteroatoms. The molecule has 0 aliphatic carbocycles. The summed E-state index contributed by atoms with van der Waals surface area (Å²) in [5.74, 6) is 0.263. The van der Waals surface area contributed by atoms with Gasteiger partial charge >= 0.3 is 0 Å². The number of piperidine rings is 2. The van der Waals surface area contributed by atoms with Gasteiger partial charge in [0.2, 0.25) is 5.91 Å². The van der Waals surface area contributed by atoms with Crippen molar-refractivity contribution in [2.24, 2.45) is 12.5 Å². The molecule has 144 valence electrons. The van der Waals surface area contributed by atoms with Crippen LogP contribution in [0.1, 0.15) is 41.7 Å². The summed E-state index contributed by atoms with van der Waals surface area (Å²) in [4.78, 5) is 36.3. The predicted octanol–water partition coefficient (Wildman–Crippen LogP) is 1.23. The number of carbonyl (C=O) groups excluding carboxylic acids is 2. The molecule has 8 nitrogen and oxygen atoms in total. The van der Waals surface area contributed by atoms with E-state index in [4.69, 9.17) is 0 Å². The standard InChI is InChI=1S/C19H26N6O2/c1-23-11-15(9-22-23)18(27)25-7-2-5-19(13-25)6-3-17(26)24(12-19)8-4-16-10-20-14-21-16/h9-11,14H,2-8,12-13H2,1H3,(H,20,21)/t19-/m0/s1. The van der Waals surface area contributed by atoms with E-state index in [2.05, 4.69) is 15.1 Å². The van der Waals surface area contributed by atoms with E-state index in [-0.39, 0.29) is 17.2 Å². The summed E-state index contributed by atoms with van der Waals surface area (Å²) in [5, 5.41) is 4.12. The number of aryl methyl sites for hydroxylation is 1. The Balaban J connectivity index is 1.43. The zero-order chi connectivity index (χ0) is 18.9.